The van der Waals surface area contributed by atoms with Crippen LogP contribution in [0.4, 0.5) is 17.2 Å². The molecule has 0 fully saturated rings. The van der Waals surface area contributed by atoms with Crippen molar-refractivity contribution < 1.29 is 4.74 Å². The molecular weight excluding hydrogens is 286 g/mol. The Morgan fingerprint density at radius 1 is 1.19 bits per heavy atom. The van der Waals surface area contributed by atoms with Crippen molar-refractivity contribution in [3.8, 4) is 5.75 Å². The molecule has 1 heterocycles. The van der Waals surface area contributed by atoms with Crippen LogP contribution >= 0.6 is 11.6 Å². The highest BCUT2D eigenvalue weighted by atomic mass is 35.5. The fourth-order valence-electron chi connectivity index (χ4n) is 2.27. The average molecular weight is 300 g/mol. The minimum absolute atomic E-state index is 0.642. The van der Waals surface area contributed by atoms with Crippen molar-refractivity contribution in [1.82, 2.24) is 4.98 Å². The number of halogens is 1. The number of ether oxygens (including phenoxy) is 1. The third-order valence-electron chi connectivity index (χ3n) is 3.23. The monoisotopic (exact) mass is 299 g/mol. The third kappa shape index (κ3) is 2.58. The van der Waals surface area contributed by atoms with Crippen molar-refractivity contribution in [3.05, 3.63) is 53.7 Å². The molecule has 0 atom stereocenters. The Labute approximate surface area is 127 Å². The minimum atomic E-state index is 0.642. The van der Waals surface area contributed by atoms with Crippen LogP contribution in [-0.4, -0.2) is 12.1 Å². The van der Waals surface area contributed by atoms with Crippen LogP contribution in [0.1, 0.15) is 0 Å². The van der Waals surface area contributed by atoms with Gasteiger partial charge in [0.05, 0.1) is 12.5 Å². The molecule has 5 heteroatoms. The van der Waals surface area contributed by atoms with Crippen LogP contribution in [0.2, 0.25) is 5.02 Å². The van der Waals surface area contributed by atoms with Gasteiger partial charge < -0.3 is 15.8 Å². The van der Waals surface area contributed by atoms with Gasteiger partial charge in [-0.1, -0.05) is 17.7 Å². The maximum atomic E-state index is 6.10. The second-order valence-electron chi connectivity index (χ2n) is 4.57. The second-order valence-corrected chi connectivity index (χ2v) is 5.01. The van der Waals surface area contributed by atoms with E-state index in [9.17, 15) is 0 Å². The molecule has 1 aromatic heterocycles. The second kappa shape index (κ2) is 5.50. The summed E-state index contributed by atoms with van der Waals surface area (Å²) in [5, 5.41) is 5.65. The molecule has 0 bridgehead atoms. The van der Waals surface area contributed by atoms with E-state index in [0.717, 1.165) is 22.2 Å². The van der Waals surface area contributed by atoms with Crippen LogP contribution in [-0.2, 0) is 0 Å². The Bertz CT molecular complexity index is 805. The molecule has 106 valence electrons. The number of fused-ring (bicyclic) bond motifs is 1. The van der Waals surface area contributed by atoms with Gasteiger partial charge in [0, 0.05) is 28.0 Å². The van der Waals surface area contributed by atoms with Crippen LogP contribution in [0.5, 0.6) is 5.75 Å². The first-order valence-corrected chi connectivity index (χ1v) is 6.80. The smallest absolute Gasteiger partial charge is 0.140 e. The van der Waals surface area contributed by atoms with Gasteiger partial charge in [-0.25, -0.2) is 4.98 Å². The van der Waals surface area contributed by atoms with E-state index < -0.39 is 0 Å². The van der Waals surface area contributed by atoms with Crippen LogP contribution in [0.25, 0.3) is 10.8 Å². The van der Waals surface area contributed by atoms with Crippen molar-refractivity contribution in [2.75, 3.05) is 18.2 Å². The highest BCUT2D eigenvalue weighted by molar-refractivity contribution is 6.30. The number of nitrogen functional groups attached to an aromatic ring is 1. The first kappa shape index (κ1) is 13.5. The molecule has 0 saturated carbocycles. The van der Waals surface area contributed by atoms with Gasteiger partial charge >= 0.3 is 0 Å². The predicted molar refractivity (Wildman–Crippen MR) is 87.4 cm³/mol. The zero-order valence-electron chi connectivity index (χ0n) is 11.4. The number of anilines is 3. The number of benzene rings is 2. The Morgan fingerprint density at radius 3 is 2.81 bits per heavy atom. The van der Waals surface area contributed by atoms with Crippen LogP contribution in [0.3, 0.4) is 0 Å². The summed E-state index contributed by atoms with van der Waals surface area (Å²) in [5.41, 5.74) is 7.60. The van der Waals surface area contributed by atoms with Gasteiger partial charge in [-0.3, -0.25) is 0 Å². The SMILES string of the molecule is COc1ccc(N)c2c(Nc3cccc(Cl)c3)nccc12. The molecule has 0 aliphatic rings. The maximum absolute atomic E-state index is 6.10. The lowest BCUT2D eigenvalue weighted by atomic mass is 10.1. The number of nitrogens with one attached hydrogen (secondary N) is 1. The summed E-state index contributed by atoms with van der Waals surface area (Å²) in [6, 6.07) is 13.0. The quantitative estimate of drug-likeness (QED) is 0.711. The van der Waals surface area contributed by atoms with Crippen molar-refractivity contribution in [1.29, 1.82) is 0 Å². The Morgan fingerprint density at radius 2 is 2.05 bits per heavy atom. The molecule has 0 amide bonds. The summed E-state index contributed by atoms with van der Waals surface area (Å²) < 4.78 is 5.37. The van der Waals surface area contributed by atoms with Gasteiger partial charge in [-0.05, 0) is 36.4 Å². The normalized spacial score (nSPS) is 10.6. The Balaban J connectivity index is 2.15. The fraction of sp³-hybridized carbons (Fsp3) is 0.0625. The molecule has 2 aromatic carbocycles. The number of aromatic nitrogens is 1. The van der Waals surface area contributed by atoms with Gasteiger partial charge in [0.1, 0.15) is 11.6 Å². The fourth-order valence-corrected chi connectivity index (χ4v) is 2.46. The standard InChI is InChI=1S/C16H14ClN3O/c1-21-14-6-5-13(18)15-12(14)7-8-19-16(15)20-11-4-2-3-10(17)9-11/h2-9H,18H2,1H3,(H,19,20). The largest absolute Gasteiger partial charge is 0.496 e. The van der Waals surface area contributed by atoms with Crippen molar-refractivity contribution in [2.45, 2.75) is 0 Å². The molecule has 3 rings (SSSR count). The summed E-state index contributed by atoms with van der Waals surface area (Å²) in [7, 11) is 1.63. The van der Waals surface area contributed by atoms with E-state index in [-0.39, 0.29) is 0 Å². The summed E-state index contributed by atoms with van der Waals surface area (Å²) >= 11 is 6.00. The molecule has 0 unspecified atom stereocenters. The van der Waals surface area contributed by atoms with Gasteiger partial charge in [-0.2, -0.15) is 0 Å². The molecule has 3 aromatic rings. The maximum Gasteiger partial charge on any atom is 0.140 e. The molecule has 4 nitrogen and oxygen atoms in total. The topological polar surface area (TPSA) is 60.2 Å². The number of methoxy groups -OCH3 is 1. The van der Waals surface area contributed by atoms with E-state index in [2.05, 4.69) is 10.3 Å². The highest BCUT2D eigenvalue weighted by Crippen LogP contribution is 2.35. The molecule has 0 radical (unpaired) electrons. The van der Waals surface area contributed by atoms with Gasteiger partial charge in [-0.15, -0.1) is 0 Å². The summed E-state index contributed by atoms with van der Waals surface area (Å²) in [5.74, 6) is 1.43. The molecule has 21 heavy (non-hydrogen) atoms. The minimum Gasteiger partial charge on any atom is -0.496 e. The lowest BCUT2D eigenvalue weighted by molar-refractivity contribution is 0.420. The van der Waals surface area contributed by atoms with Crippen molar-refractivity contribution >= 4 is 39.6 Å². The lowest BCUT2D eigenvalue weighted by Crippen LogP contribution is -1.98. The Hall–Kier alpha value is -2.46. The van der Waals surface area contributed by atoms with Crippen LogP contribution in [0.15, 0.2) is 48.7 Å². The van der Waals surface area contributed by atoms with Gasteiger partial charge in [0.15, 0.2) is 0 Å². The molecule has 3 N–H and O–H groups in total. The molecular formula is C16H14ClN3O. The molecule has 0 aliphatic heterocycles. The highest BCUT2D eigenvalue weighted by Gasteiger charge is 2.10. The summed E-state index contributed by atoms with van der Waals surface area (Å²) in [6.07, 6.45) is 1.72. The van der Waals surface area contributed by atoms with E-state index in [0.29, 0.717) is 16.5 Å². The third-order valence-corrected chi connectivity index (χ3v) is 3.46. The van der Waals surface area contributed by atoms with E-state index >= 15 is 0 Å². The van der Waals surface area contributed by atoms with Gasteiger partial charge in [0.2, 0.25) is 0 Å². The van der Waals surface area contributed by atoms with Gasteiger partial charge in [0.25, 0.3) is 0 Å². The molecule has 0 spiro atoms. The zero-order chi connectivity index (χ0) is 14.8. The molecule has 0 aliphatic carbocycles. The average Bonchev–Trinajstić information content (AvgIpc) is 2.48. The molecule has 0 saturated heterocycles. The zero-order valence-corrected chi connectivity index (χ0v) is 12.2. The van der Waals surface area contributed by atoms with E-state index in [1.54, 1.807) is 13.3 Å². The Kier molecular flexibility index (Phi) is 3.54. The number of pyridine rings is 1. The van der Waals surface area contributed by atoms with Crippen molar-refractivity contribution in [3.63, 3.8) is 0 Å². The van der Waals surface area contributed by atoms with Crippen LogP contribution < -0.4 is 15.8 Å². The van der Waals surface area contributed by atoms with E-state index in [1.807, 2.05) is 42.5 Å². The number of nitrogens with zero attached hydrogens (tertiary/aromatic N) is 1. The number of rotatable bonds is 3. The van der Waals surface area contributed by atoms with Crippen molar-refractivity contribution in [2.24, 2.45) is 0 Å². The van der Waals surface area contributed by atoms with E-state index in [4.69, 9.17) is 22.1 Å². The number of nitrogens with two attached hydrogens (primary N) is 1. The van der Waals surface area contributed by atoms with Crippen LogP contribution in [0, 0.1) is 0 Å². The first-order chi connectivity index (χ1) is 10.2. The van der Waals surface area contributed by atoms with E-state index in [1.165, 1.54) is 0 Å². The first-order valence-electron chi connectivity index (χ1n) is 6.43. The lowest BCUT2D eigenvalue weighted by Gasteiger charge is -2.13. The number of hydrogen-bond acceptors (Lipinski definition) is 4. The predicted octanol–water partition coefficient (Wildman–Crippen LogP) is 4.22. The summed E-state index contributed by atoms with van der Waals surface area (Å²) in [4.78, 5) is 4.38. The summed E-state index contributed by atoms with van der Waals surface area (Å²) in [6.45, 7) is 0. The number of hydrogen-bond donors (Lipinski definition) is 2.